The van der Waals surface area contributed by atoms with E-state index in [1.54, 1.807) is 12.5 Å². The van der Waals surface area contributed by atoms with Crippen LogP contribution in [0.25, 0.3) is 11.4 Å². The van der Waals surface area contributed by atoms with Gasteiger partial charge in [0.1, 0.15) is 0 Å². The topological polar surface area (TPSA) is 56.7 Å². The maximum absolute atomic E-state index is 13.3. The van der Waals surface area contributed by atoms with Gasteiger partial charge >= 0.3 is 0 Å². The monoisotopic (exact) mass is 320 g/mol. The maximum atomic E-state index is 13.3. The van der Waals surface area contributed by atoms with E-state index in [1.807, 2.05) is 0 Å². The number of hydrogen-bond acceptors (Lipinski definition) is 4. The molecule has 1 aliphatic rings. The van der Waals surface area contributed by atoms with Gasteiger partial charge in [-0.2, -0.15) is 4.98 Å². The van der Waals surface area contributed by atoms with E-state index in [9.17, 15) is 13.2 Å². The predicted molar refractivity (Wildman–Crippen MR) is 72.9 cm³/mol. The van der Waals surface area contributed by atoms with E-state index in [4.69, 9.17) is 4.52 Å². The largest absolute Gasteiger partial charge is 0.339 e. The molecule has 4 rings (SSSR count). The zero-order chi connectivity index (χ0) is 16.0. The van der Waals surface area contributed by atoms with Crippen LogP contribution in [0.1, 0.15) is 23.9 Å². The molecule has 0 saturated heterocycles. The zero-order valence-corrected chi connectivity index (χ0v) is 11.8. The van der Waals surface area contributed by atoms with Gasteiger partial charge in [-0.05, 0) is 18.6 Å². The van der Waals surface area contributed by atoms with Gasteiger partial charge in [-0.3, -0.25) is 0 Å². The van der Waals surface area contributed by atoms with Crippen LogP contribution in [-0.4, -0.2) is 19.7 Å². The summed E-state index contributed by atoms with van der Waals surface area (Å²) in [6, 6.07) is 1.70. The number of rotatable bonds is 2. The number of aromatic nitrogens is 4. The summed E-state index contributed by atoms with van der Waals surface area (Å²) in [6.07, 6.45) is 5.06. The Morgan fingerprint density at radius 2 is 1.96 bits per heavy atom. The number of halogens is 3. The highest BCUT2D eigenvalue weighted by atomic mass is 19.2. The van der Waals surface area contributed by atoms with Gasteiger partial charge in [0, 0.05) is 36.3 Å². The van der Waals surface area contributed by atoms with Crippen molar-refractivity contribution in [1.29, 1.82) is 0 Å². The highest BCUT2D eigenvalue weighted by Crippen LogP contribution is 2.30. The molecule has 0 N–H and O–H groups in total. The predicted octanol–water partition coefficient (Wildman–Crippen LogP) is 3.08. The van der Waals surface area contributed by atoms with Crippen molar-refractivity contribution in [3.05, 3.63) is 53.7 Å². The lowest BCUT2D eigenvalue weighted by atomic mass is 9.96. The molecule has 0 bridgehead atoms. The van der Waals surface area contributed by atoms with Gasteiger partial charge in [-0.15, -0.1) is 0 Å². The SMILES string of the molecule is Fc1cc(-c2noc([C@@H]3CCn4cncc4C3)n2)cc(F)c1F. The van der Waals surface area contributed by atoms with Gasteiger partial charge in [-0.25, -0.2) is 18.2 Å². The fraction of sp³-hybridized carbons (Fsp3) is 0.267. The molecule has 2 aromatic heterocycles. The van der Waals surface area contributed by atoms with Crippen LogP contribution in [0.15, 0.2) is 29.2 Å². The van der Waals surface area contributed by atoms with Crippen molar-refractivity contribution in [3.63, 3.8) is 0 Å². The Kier molecular flexibility index (Phi) is 3.17. The highest BCUT2D eigenvalue weighted by Gasteiger charge is 2.25. The molecule has 5 nitrogen and oxygen atoms in total. The van der Waals surface area contributed by atoms with Crippen molar-refractivity contribution < 1.29 is 17.7 Å². The van der Waals surface area contributed by atoms with Crippen LogP contribution in [0.4, 0.5) is 13.2 Å². The molecule has 0 radical (unpaired) electrons. The number of nitrogens with zero attached hydrogens (tertiary/aromatic N) is 4. The summed E-state index contributed by atoms with van der Waals surface area (Å²) in [4.78, 5) is 8.30. The molecule has 0 aliphatic carbocycles. The molecular formula is C15H11F3N4O. The van der Waals surface area contributed by atoms with Crippen molar-refractivity contribution in [3.8, 4) is 11.4 Å². The van der Waals surface area contributed by atoms with Gasteiger partial charge in [-0.1, -0.05) is 5.16 Å². The molecule has 3 heterocycles. The van der Waals surface area contributed by atoms with Crippen molar-refractivity contribution in [2.75, 3.05) is 0 Å². The summed E-state index contributed by atoms with van der Waals surface area (Å²) in [5, 5.41) is 3.75. The molecule has 1 aliphatic heterocycles. The normalized spacial score (nSPS) is 17.3. The Balaban J connectivity index is 1.63. The summed E-state index contributed by atoms with van der Waals surface area (Å²) < 4.78 is 46.9. The Hall–Kier alpha value is -2.64. The lowest BCUT2D eigenvalue weighted by Gasteiger charge is -2.20. The van der Waals surface area contributed by atoms with E-state index in [2.05, 4.69) is 19.7 Å². The van der Waals surface area contributed by atoms with Crippen LogP contribution < -0.4 is 0 Å². The van der Waals surface area contributed by atoms with Gasteiger partial charge in [0.05, 0.1) is 6.33 Å². The smallest absolute Gasteiger partial charge is 0.230 e. The van der Waals surface area contributed by atoms with Crippen LogP contribution in [0, 0.1) is 17.5 Å². The van der Waals surface area contributed by atoms with Crippen LogP contribution >= 0.6 is 0 Å². The fourth-order valence-corrected chi connectivity index (χ4v) is 2.78. The summed E-state index contributed by atoms with van der Waals surface area (Å²) in [7, 11) is 0. The van der Waals surface area contributed by atoms with Gasteiger partial charge < -0.3 is 9.09 Å². The molecule has 118 valence electrons. The molecule has 8 heteroatoms. The second-order valence-electron chi connectivity index (χ2n) is 5.48. The van der Waals surface area contributed by atoms with E-state index < -0.39 is 17.5 Å². The molecule has 1 atom stereocenters. The average Bonchev–Trinajstić information content (AvgIpc) is 3.20. The summed E-state index contributed by atoms with van der Waals surface area (Å²) >= 11 is 0. The van der Waals surface area contributed by atoms with Crippen LogP contribution in [0.3, 0.4) is 0 Å². The molecule has 0 amide bonds. The third-order valence-electron chi connectivity index (χ3n) is 4.01. The van der Waals surface area contributed by atoms with Crippen molar-refractivity contribution >= 4 is 0 Å². The van der Waals surface area contributed by atoms with Crippen molar-refractivity contribution in [2.45, 2.75) is 25.3 Å². The minimum Gasteiger partial charge on any atom is -0.339 e. The van der Waals surface area contributed by atoms with E-state index in [1.165, 1.54) is 0 Å². The molecular weight excluding hydrogens is 309 g/mol. The summed E-state index contributed by atoms with van der Waals surface area (Å²) in [5.74, 6) is -3.62. The fourth-order valence-electron chi connectivity index (χ4n) is 2.78. The lowest BCUT2D eigenvalue weighted by molar-refractivity contribution is 0.325. The first kappa shape index (κ1) is 14.0. The average molecular weight is 320 g/mol. The summed E-state index contributed by atoms with van der Waals surface area (Å²) in [5.41, 5.74) is 1.11. The van der Waals surface area contributed by atoms with E-state index >= 15 is 0 Å². The first-order valence-corrected chi connectivity index (χ1v) is 7.09. The summed E-state index contributed by atoms with van der Waals surface area (Å²) in [6.45, 7) is 0.789. The third-order valence-corrected chi connectivity index (χ3v) is 4.01. The Morgan fingerprint density at radius 3 is 2.74 bits per heavy atom. The third kappa shape index (κ3) is 2.39. The van der Waals surface area contributed by atoms with Crippen molar-refractivity contribution in [1.82, 2.24) is 19.7 Å². The molecule has 0 fully saturated rings. The minimum atomic E-state index is -1.52. The van der Waals surface area contributed by atoms with Gasteiger partial charge in [0.15, 0.2) is 17.5 Å². The molecule has 0 spiro atoms. The number of fused-ring (bicyclic) bond motifs is 1. The first-order valence-electron chi connectivity index (χ1n) is 7.09. The second-order valence-corrected chi connectivity index (χ2v) is 5.48. The van der Waals surface area contributed by atoms with Crippen LogP contribution in [0.2, 0.25) is 0 Å². The van der Waals surface area contributed by atoms with Crippen molar-refractivity contribution in [2.24, 2.45) is 0 Å². The number of aryl methyl sites for hydroxylation is 1. The van der Waals surface area contributed by atoms with E-state index in [0.29, 0.717) is 12.3 Å². The first-order chi connectivity index (χ1) is 11.1. The molecule has 0 unspecified atom stereocenters. The maximum Gasteiger partial charge on any atom is 0.230 e. The second kappa shape index (κ2) is 5.22. The molecule has 23 heavy (non-hydrogen) atoms. The van der Waals surface area contributed by atoms with Crippen LogP contribution in [0.5, 0.6) is 0 Å². The Morgan fingerprint density at radius 1 is 1.17 bits per heavy atom. The molecule has 3 aromatic rings. The van der Waals surface area contributed by atoms with Gasteiger partial charge in [0.25, 0.3) is 0 Å². The lowest BCUT2D eigenvalue weighted by Crippen LogP contribution is -2.17. The van der Waals surface area contributed by atoms with E-state index in [-0.39, 0.29) is 17.3 Å². The number of hydrogen-bond donors (Lipinski definition) is 0. The molecule has 1 aromatic carbocycles. The number of imidazole rings is 1. The molecule has 0 saturated carbocycles. The minimum absolute atomic E-state index is 0.0237. The van der Waals surface area contributed by atoms with Crippen LogP contribution in [-0.2, 0) is 13.0 Å². The number of benzene rings is 1. The van der Waals surface area contributed by atoms with E-state index in [0.717, 1.165) is 30.8 Å². The standard InChI is InChI=1S/C15H11F3N4O/c16-11-4-9(5-12(17)13(11)18)14-20-15(23-21-14)8-1-2-22-7-19-6-10(22)3-8/h4-8H,1-3H2/t8-/m1/s1. The Labute approximate surface area is 128 Å². The van der Waals surface area contributed by atoms with Gasteiger partial charge in [0.2, 0.25) is 11.7 Å². The zero-order valence-electron chi connectivity index (χ0n) is 11.8. The Bertz CT molecular complexity index is 850. The highest BCUT2D eigenvalue weighted by molar-refractivity contribution is 5.54. The quantitative estimate of drug-likeness (QED) is 0.681.